The zero-order chi connectivity index (χ0) is 33.3. The van der Waals surface area contributed by atoms with E-state index in [4.69, 9.17) is 9.72 Å². The molecule has 8 aromatic rings. The van der Waals surface area contributed by atoms with Gasteiger partial charge in [-0.05, 0) is 86.0 Å². The van der Waals surface area contributed by atoms with Gasteiger partial charge in [0.15, 0.2) is 0 Å². The maximum Gasteiger partial charge on any atom is 0.128 e. The first-order valence-corrected chi connectivity index (χ1v) is 17.1. The summed E-state index contributed by atoms with van der Waals surface area (Å²) in [5, 5.41) is 0. The maximum absolute atomic E-state index is 6.18. The predicted octanol–water partition coefficient (Wildman–Crippen LogP) is 12.6. The molecule has 0 unspecified atom stereocenters. The molecule has 0 saturated heterocycles. The third-order valence-corrected chi connectivity index (χ3v) is 9.58. The van der Waals surface area contributed by atoms with E-state index in [0.717, 1.165) is 50.5 Å². The SMILES string of the molecule is c1ccc(-c2cccc(-c3cc(-c4ccc(-c5cccc6c5-c5ccccc5CO6)cc4)nc(-c4cccc(-c5ccccc5)c4)c3)c2)cc1. The van der Waals surface area contributed by atoms with Gasteiger partial charge in [-0.15, -0.1) is 0 Å². The number of rotatable bonds is 6. The van der Waals surface area contributed by atoms with Crippen molar-refractivity contribution in [2.24, 2.45) is 0 Å². The van der Waals surface area contributed by atoms with E-state index in [1.54, 1.807) is 0 Å². The van der Waals surface area contributed by atoms with E-state index in [9.17, 15) is 0 Å². The standard InChI is InChI=1S/C48H33NO/c1-3-12-33(13-4-1)37-17-9-19-39(28-37)42-30-45(49-46(31-42)40-20-10-18-38(29-40)34-14-5-2-6-15-34)36-26-24-35(25-27-36)43-22-11-23-47-48(43)44-21-8-7-16-41(44)32-50-47/h1-31H,32H2. The Balaban J connectivity index is 1.15. The van der Waals surface area contributed by atoms with E-state index in [2.05, 4.69) is 188 Å². The highest BCUT2D eigenvalue weighted by molar-refractivity contribution is 5.90. The number of hydrogen-bond donors (Lipinski definition) is 0. The third-order valence-electron chi connectivity index (χ3n) is 9.58. The Kier molecular flexibility index (Phi) is 7.60. The number of aromatic nitrogens is 1. The van der Waals surface area contributed by atoms with Crippen molar-refractivity contribution >= 4 is 0 Å². The fourth-order valence-corrected chi connectivity index (χ4v) is 7.03. The summed E-state index contributed by atoms with van der Waals surface area (Å²) in [4.78, 5) is 5.30. The van der Waals surface area contributed by atoms with Crippen molar-refractivity contribution in [1.82, 2.24) is 4.98 Å². The fourth-order valence-electron chi connectivity index (χ4n) is 7.03. The molecule has 0 bridgehead atoms. The zero-order valence-electron chi connectivity index (χ0n) is 27.5. The van der Waals surface area contributed by atoms with Gasteiger partial charge in [0.1, 0.15) is 12.4 Å². The van der Waals surface area contributed by atoms with Crippen LogP contribution in [0.4, 0.5) is 0 Å². The Hall–Kier alpha value is -6.51. The Morgan fingerprint density at radius 3 is 1.54 bits per heavy atom. The summed E-state index contributed by atoms with van der Waals surface area (Å²) in [6.07, 6.45) is 0. The van der Waals surface area contributed by atoms with Crippen molar-refractivity contribution in [2.75, 3.05) is 0 Å². The lowest BCUT2D eigenvalue weighted by molar-refractivity contribution is 0.302. The molecule has 0 saturated carbocycles. The van der Waals surface area contributed by atoms with Crippen LogP contribution in [0.3, 0.4) is 0 Å². The van der Waals surface area contributed by atoms with E-state index < -0.39 is 0 Å². The number of nitrogens with zero attached hydrogens (tertiary/aromatic N) is 1. The van der Waals surface area contributed by atoms with Crippen molar-refractivity contribution in [2.45, 2.75) is 6.61 Å². The molecule has 7 aromatic carbocycles. The van der Waals surface area contributed by atoms with Gasteiger partial charge in [-0.3, -0.25) is 0 Å². The minimum absolute atomic E-state index is 0.596. The van der Waals surface area contributed by atoms with Crippen LogP contribution in [0.1, 0.15) is 5.56 Å². The molecule has 2 heteroatoms. The molecule has 50 heavy (non-hydrogen) atoms. The average molecular weight is 640 g/mol. The smallest absolute Gasteiger partial charge is 0.128 e. The van der Waals surface area contributed by atoms with Crippen molar-refractivity contribution in [3.05, 3.63) is 194 Å². The van der Waals surface area contributed by atoms with Crippen LogP contribution in [0.15, 0.2) is 188 Å². The van der Waals surface area contributed by atoms with Crippen molar-refractivity contribution in [3.63, 3.8) is 0 Å². The fraction of sp³-hybridized carbons (Fsp3) is 0.0208. The number of fused-ring (bicyclic) bond motifs is 3. The van der Waals surface area contributed by atoms with Crippen LogP contribution in [0.2, 0.25) is 0 Å². The Labute approximate surface area is 293 Å². The van der Waals surface area contributed by atoms with Gasteiger partial charge >= 0.3 is 0 Å². The molecule has 1 aliphatic rings. The Bertz CT molecular complexity index is 2360. The first kappa shape index (κ1) is 29.6. The van der Waals surface area contributed by atoms with Gasteiger partial charge in [0.25, 0.3) is 0 Å². The normalized spacial score (nSPS) is 11.7. The summed E-state index contributed by atoms with van der Waals surface area (Å²) < 4.78 is 6.18. The number of ether oxygens (including phenoxy) is 1. The average Bonchev–Trinajstić information content (AvgIpc) is 3.21. The van der Waals surface area contributed by atoms with E-state index >= 15 is 0 Å². The van der Waals surface area contributed by atoms with Gasteiger partial charge in [0.05, 0.1) is 11.4 Å². The molecule has 1 aliphatic heterocycles. The second-order valence-electron chi connectivity index (χ2n) is 12.7. The molecule has 0 aliphatic carbocycles. The molecule has 0 N–H and O–H groups in total. The molecule has 1 aromatic heterocycles. The molecule has 0 fully saturated rings. The van der Waals surface area contributed by atoms with Gasteiger partial charge in [0, 0.05) is 16.7 Å². The van der Waals surface area contributed by atoms with Crippen LogP contribution >= 0.6 is 0 Å². The molecule has 236 valence electrons. The quantitative estimate of drug-likeness (QED) is 0.181. The first-order valence-electron chi connectivity index (χ1n) is 17.1. The van der Waals surface area contributed by atoms with Gasteiger partial charge in [-0.25, -0.2) is 4.98 Å². The molecule has 0 spiro atoms. The largest absolute Gasteiger partial charge is 0.488 e. The van der Waals surface area contributed by atoms with Crippen LogP contribution in [-0.2, 0) is 6.61 Å². The van der Waals surface area contributed by atoms with Gasteiger partial charge in [-0.1, -0.05) is 158 Å². The summed E-state index contributed by atoms with van der Waals surface area (Å²) in [7, 11) is 0. The molecule has 0 atom stereocenters. The van der Waals surface area contributed by atoms with E-state index in [-0.39, 0.29) is 0 Å². The van der Waals surface area contributed by atoms with Crippen molar-refractivity contribution in [3.8, 4) is 83.9 Å². The van der Waals surface area contributed by atoms with E-state index in [0.29, 0.717) is 6.61 Å². The highest BCUT2D eigenvalue weighted by atomic mass is 16.5. The summed E-state index contributed by atoms with van der Waals surface area (Å²) in [6.45, 7) is 0.596. The minimum atomic E-state index is 0.596. The minimum Gasteiger partial charge on any atom is -0.488 e. The lowest BCUT2D eigenvalue weighted by Gasteiger charge is -2.23. The highest BCUT2D eigenvalue weighted by Gasteiger charge is 2.21. The van der Waals surface area contributed by atoms with Crippen LogP contribution in [0.25, 0.3) is 78.1 Å². The monoisotopic (exact) mass is 639 g/mol. The maximum atomic E-state index is 6.18. The second-order valence-corrected chi connectivity index (χ2v) is 12.7. The van der Waals surface area contributed by atoms with Gasteiger partial charge in [0.2, 0.25) is 0 Å². The topological polar surface area (TPSA) is 22.1 Å². The van der Waals surface area contributed by atoms with Gasteiger partial charge in [-0.2, -0.15) is 0 Å². The molecule has 0 amide bonds. The van der Waals surface area contributed by atoms with Crippen molar-refractivity contribution in [1.29, 1.82) is 0 Å². The number of hydrogen-bond acceptors (Lipinski definition) is 2. The summed E-state index contributed by atoms with van der Waals surface area (Å²) >= 11 is 0. The van der Waals surface area contributed by atoms with Crippen molar-refractivity contribution < 1.29 is 4.74 Å². The van der Waals surface area contributed by atoms with Crippen LogP contribution in [0.5, 0.6) is 5.75 Å². The molecular weight excluding hydrogens is 607 g/mol. The zero-order valence-corrected chi connectivity index (χ0v) is 27.5. The molecule has 9 rings (SSSR count). The lowest BCUT2D eigenvalue weighted by Crippen LogP contribution is -2.06. The second kappa shape index (κ2) is 12.8. The number of pyridine rings is 1. The van der Waals surface area contributed by atoms with Crippen LogP contribution in [0, 0.1) is 0 Å². The highest BCUT2D eigenvalue weighted by Crippen LogP contribution is 2.44. The van der Waals surface area contributed by atoms with E-state index in [1.165, 1.54) is 38.9 Å². The van der Waals surface area contributed by atoms with Gasteiger partial charge < -0.3 is 4.74 Å². The summed E-state index contributed by atoms with van der Waals surface area (Å²) in [5.74, 6) is 0.930. The van der Waals surface area contributed by atoms with E-state index in [1.807, 2.05) is 0 Å². The predicted molar refractivity (Wildman–Crippen MR) is 207 cm³/mol. The molecular formula is C48H33NO. The van der Waals surface area contributed by atoms with Crippen LogP contribution < -0.4 is 4.74 Å². The summed E-state index contributed by atoms with van der Waals surface area (Å²) in [6, 6.07) is 66.7. The summed E-state index contributed by atoms with van der Waals surface area (Å²) in [5.41, 5.74) is 17.0. The molecule has 2 heterocycles. The number of benzene rings is 7. The first-order chi connectivity index (χ1) is 24.8. The third kappa shape index (κ3) is 5.67. The van der Waals surface area contributed by atoms with Crippen LogP contribution in [-0.4, -0.2) is 4.98 Å². The Morgan fingerprint density at radius 2 is 0.840 bits per heavy atom. The Morgan fingerprint density at radius 1 is 0.340 bits per heavy atom. The lowest BCUT2D eigenvalue weighted by atomic mass is 9.89. The molecule has 0 radical (unpaired) electrons. The molecule has 2 nitrogen and oxygen atoms in total.